The van der Waals surface area contributed by atoms with Gasteiger partial charge in [-0.3, -0.25) is 29.9 Å². The first-order valence-corrected chi connectivity index (χ1v) is 32.8. The summed E-state index contributed by atoms with van der Waals surface area (Å²) in [5, 5.41) is 8.31. The molecule has 3 rings (SSSR count). The zero-order valence-electron chi connectivity index (χ0n) is 49.0. The van der Waals surface area contributed by atoms with Crippen LogP contribution in [0.5, 0.6) is 0 Å². The minimum Gasteiger partial charge on any atom is -0.760 e. The zero-order valence-corrected chi connectivity index (χ0v) is 58.1. The molecule has 0 aliphatic carbocycles. The normalized spacial score (nSPS) is 10.3. The fourth-order valence-electron chi connectivity index (χ4n) is 9.41. The number of aromatic nitrogens is 2. The summed E-state index contributed by atoms with van der Waals surface area (Å²) in [6, 6.07) is 18.7. The molecule has 1 aromatic carbocycles. The molecule has 0 bridgehead atoms. The van der Waals surface area contributed by atoms with Gasteiger partial charge in [-0.15, -0.1) is 0 Å². The van der Waals surface area contributed by atoms with Crippen molar-refractivity contribution in [3.05, 3.63) is 97.3 Å². The van der Waals surface area contributed by atoms with Crippen molar-refractivity contribution in [2.45, 2.75) is 244 Å². The van der Waals surface area contributed by atoms with Gasteiger partial charge in [0.2, 0.25) is 0 Å². The van der Waals surface area contributed by atoms with E-state index in [2.05, 4.69) is 183 Å². The number of pyridine rings is 2. The molecule has 0 atom stereocenters. The Kier molecular flexibility index (Phi) is 68.5. The summed E-state index contributed by atoms with van der Waals surface area (Å²) < 4.78 is 0. The van der Waals surface area contributed by atoms with Gasteiger partial charge in [0.25, 0.3) is 0 Å². The maximum absolute atomic E-state index is 7.75. The van der Waals surface area contributed by atoms with Gasteiger partial charge in [0, 0.05) is 51.2 Å². The van der Waals surface area contributed by atoms with E-state index in [1.54, 1.807) is 36.7 Å². The minimum atomic E-state index is -0.0957. The van der Waals surface area contributed by atoms with Gasteiger partial charge in [0.05, 0.1) is 67.9 Å². The van der Waals surface area contributed by atoms with Gasteiger partial charge < -0.3 is 35.2 Å². The van der Waals surface area contributed by atoms with Crippen LogP contribution in [0.1, 0.15) is 177 Å². The summed E-state index contributed by atoms with van der Waals surface area (Å²) in [6.07, 6.45) is 6.48. The van der Waals surface area contributed by atoms with Gasteiger partial charge >= 0.3 is 39.0 Å². The Morgan fingerprint density at radius 1 is 0.386 bits per heavy atom. The molecule has 0 aliphatic rings. The van der Waals surface area contributed by atoms with Gasteiger partial charge in [0.15, 0.2) is 0 Å². The van der Waals surface area contributed by atoms with Crippen molar-refractivity contribution < 1.29 is 48.9 Å². The molecular formula is C58H109N2O2P4Ru2S2+4. The second-order valence-corrected chi connectivity index (χ2v) is 38.9. The van der Waals surface area contributed by atoms with Gasteiger partial charge in [-0.25, -0.2) is 12.2 Å². The summed E-state index contributed by atoms with van der Waals surface area (Å²) in [4.78, 5) is 15.3. The van der Waals surface area contributed by atoms with Crippen LogP contribution in [-0.4, -0.2) is 96.9 Å². The first-order valence-electron chi connectivity index (χ1n) is 25.0. The van der Waals surface area contributed by atoms with Crippen molar-refractivity contribution in [3.8, 4) is 0 Å². The summed E-state index contributed by atoms with van der Waals surface area (Å²) in [5.41, 5.74) is 13.2. The van der Waals surface area contributed by atoms with Gasteiger partial charge in [0.1, 0.15) is 0 Å². The molecule has 0 saturated heterocycles. The molecule has 2 aromatic heterocycles. The quantitative estimate of drug-likeness (QED) is 0.0571. The number of rotatable bonds is 14. The maximum Gasteiger partial charge on any atom is 3.00 e. The maximum atomic E-state index is 7.75. The molecule has 0 unspecified atom stereocenters. The third kappa shape index (κ3) is 50.2. The molecule has 407 valence electrons. The van der Waals surface area contributed by atoms with Gasteiger partial charge in [-0.1, -0.05) is 34.3 Å². The van der Waals surface area contributed by atoms with Crippen molar-refractivity contribution in [2.75, 3.05) is 7.11 Å². The molecule has 1 radical (unpaired) electrons. The van der Waals surface area contributed by atoms with Gasteiger partial charge in [-0.05, 0) is 178 Å². The summed E-state index contributed by atoms with van der Waals surface area (Å²) in [5.74, 6) is 0. The minimum absolute atomic E-state index is 0. The van der Waals surface area contributed by atoms with Crippen LogP contribution in [-0.2, 0) is 69.0 Å². The molecular weight excluding hydrogens is 1150 g/mol. The van der Waals surface area contributed by atoms with Crippen molar-refractivity contribution in [1.29, 1.82) is 0 Å². The number of aliphatic hydroxyl groups excluding tert-OH is 1. The average Bonchev–Trinajstić information content (AvgIpc) is 3.22. The Balaban J connectivity index is -0.000000105. The van der Waals surface area contributed by atoms with Crippen LogP contribution in [0.25, 0.3) is 12.2 Å². The number of carbonyl (C=O) groups excluding carboxylic acids is 1. The molecule has 0 saturated carbocycles. The second-order valence-electron chi connectivity index (χ2n) is 20.2. The fraction of sp³-hybridized carbons (Fsp3) is 0.638. The molecule has 1 N–H and O–H groups in total. The number of hydrogen-bond donors (Lipinski definition) is 1. The summed E-state index contributed by atoms with van der Waals surface area (Å²) in [7, 11) is 0.617. The number of hydrogen-bond acceptors (Lipinski definition) is 6. The monoisotopic (exact) mass is 1260 g/mol. The molecule has 2 heterocycles. The molecule has 12 heteroatoms. The number of benzene rings is 1. The van der Waals surface area contributed by atoms with E-state index in [1.807, 2.05) is 48.5 Å². The third-order valence-electron chi connectivity index (χ3n) is 10.6. The Labute approximate surface area is 479 Å². The summed E-state index contributed by atoms with van der Waals surface area (Å²) >= 11 is 9.40. The molecule has 0 amide bonds. The van der Waals surface area contributed by atoms with Crippen LogP contribution in [0.2, 0.25) is 0 Å². The molecule has 70 heavy (non-hydrogen) atoms. The topological polar surface area (TPSA) is 63.1 Å². The predicted molar refractivity (Wildman–Crippen MR) is 333 cm³/mol. The van der Waals surface area contributed by atoms with Crippen LogP contribution in [0.15, 0.2) is 83.1 Å². The molecule has 0 spiro atoms. The van der Waals surface area contributed by atoms with Crippen molar-refractivity contribution in [2.24, 2.45) is 0 Å². The number of aliphatic hydroxyl groups is 1. The van der Waals surface area contributed by atoms with Crippen LogP contribution in [0, 0.1) is 13.2 Å². The first kappa shape index (κ1) is 86.7. The van der Waals surface area contributed by atoms with Crippen molar-refractivity contribution in [1.82, 2.24) is 9.97 Å². The second kappa shape index (κ2) is 55.3. The fourth-order valence-corrected chi connectivity index (χ4v) is 25.7. The smallest absolute Gasteiger partial charge is 0.760 e. The summed E-state index contributed by atoms with van der Waals surface area (Å²) in [6.45, 7) is 70.7. The van der Waals surface area contributed by atoms with E-state index in [9.17, 15) is 0 Å². The van der Waals surface area contributed by atoms with E-state index in [-0.39, 0.29) is 70.6 Å². The van der Waals surface area contributed by atoms with E-state index >= 15 is 0 Å². The molecule has 3 aromatic rings. The Hall–Kier alpha value is 0.0368. The van der Waals surface area contributed by atoms with Gasteiger partial charge in [-0.2, -0.15) is 35.4 Å². The van der Waals surface area contributed by atoms with Crippen LogP contribution >= 0.6 is 31.7 Å². The van der Waals surface area contributed by atoms with E-state index in [0.29, 0.717) is 10.1 Å². The Bertz CT molecular complexity index is 1280. The number of nitrogens with zero attached hydrogens (tertiary/aromatic N) is 2. The van der Waals surface area contributed by atoms with E-state index in [1.165, 1.54) is 0 Å². The predicted octanol–water partition coefficient (Wildman–Crippen LogP) is 17.6. The van der Waals surface area contributed by atoms with Crippen LogP contribution < -0.4 is 0 Å². The first-order chi connectivity index (χ1) is 31.5. The van der Waals surface area contributed by atoms with E-state index in [4.69, 9.17) is 48.3 Å². The molecule has 4 nitrogen and oxygen atoms in total. The zero-order chi connectivity index (χ0) is 54.9. The third-order valence-corrected chi connectivity index (χ3v) is 27.1. The van der Waals surface area contributed by atoms with E-state index < -0.39 is 0 Å². The Morgan fingerprint density at radius 2 is 0.543 bits per heavy atom. The Morgan fingerprint density at radius 3 is 0.600 bits per heavy atom. The van der Waals surface area contributed by atoms with Crippen LogP contribution in [0.3, 0.4) is 0 Å². The standard InChI is InChI=1S/C10H8.4C9H21P.2C5H5NS.CH4O.CHO.2Ru/c1-3-9-5-7-10(4-2)8-6-9;4*1-7(2)10(8(3)4)9(5)6;2*7-5-3-1-2-4-6-5;2*1-2;;/h1-8H;4*7-9H,1-6H3;2*1-4H,(H,6,7);2H,1H3;1H;;/q-2;;;;;;;;-1;+2;+3/p+2. The van der Waals surface area contributed by atoms with E-state index in [0.717, 1.165) is 86.1 Å². The van der Waals surface area contributed by atoms with Crippen molar-refractivity contribution >= 4 is 75.9 Å². The molecule has 0 fully saturated rings. The largest absolute Gasteiger partial charge is 3.00 e. The van der Waals surface area contributed by atoms with Crippen LogP contribution in [0.4, 0.5) is 0 Å². The SMILES string of the molecule is CC(C)[PH+](C(C)C)C(C)C.CC(C)[PH+](C(C)C)C(C)C.CC(C)[PH+](C(C)C)C(C)C.CC(C)[PH+](C(C)C)C(C)C.CO.[CH-]=Cc1ccc(C=[CH-])cc1.[CH-]=O.[Ru+2].[Ru+3].[S-]c1ccccn1.[S-]c1ccccn1. The molecule has 0 aliphatic heterocycles. The average molecular weight is 1260 g/mol. The van der Waals surface area contributed by atoms with Crippen molar-refractivity contribution in [3.63, 3.8) is 0 Å².